The second-order valence-electron chi connectivity index (χ2n) is 6.33. The van der Waals surface area contributed by atoms with E-state index in [4.69, 9.17) is 16.3 Å². The lowest BCUT2D eigenvalue weighted by molar-refractivity contribution is -0.120. The lowest BCUT2D eigenvalue weighted by Crippen LogP contribution is -2.32. The molecule has 0 saturated carbocycles. The van der Waals surface area contributed by atoms with E-state index in [-0.39, 0.29) is 17.3 Å². The Morgan fingerprint density at radius 2 is 1.71 bits per heavy atom. The van der Waals surface area contributed by atoms with E-state index >= 15 is 0 Å². The summed E-state index contributed by atoms with van der Waals surface area (Å²) in [4.78, 5) is 38.1. The van der Waals surface area contributed by atoms with E-state index in [0.29, 0.717) is 16.9 Å². The molecule has 1 heterocycles. The smallest absolute Gasteiger partial charge is 0.338 e. The molecular weight excluding hydrogens is 380 g/mol. The highest BCUT2D eigenvalue weighted by Gasteiger charge is 2.39. The van der Waals surface area contributed by atoms with Gasteiger partial charge in [-0.25, -0.2) is 9.69 Å². The van der Waals surface area contributed by atoms with Crippen molar-refractivity contribution < 1.29 is 19.1 Å². The average molecular weight is 399 g/mol. The summed E-state index contributed by atoms with van der Waals surface area (Å²) in [5.41, 5.74) is 3.49. The highest BCUT2D eigenvalue weighted by atomic mass is 35.5. The van der Waals surface area contributed by atoms with Crippen LogP contribution in [0.2, 0.25) is 0 Å². The molecule has 3 rings (SSSR count). The van der Waals surface area contributed by atoms with Gasteiger partial charge in [0.1, 0.15) is 10.7 Å². The Hall–Kier alpha value is -3.12. The predicted molar refractivity (Wildman–Crippen MR) is 107 cm³/mol. The molecule has 2 aromatic rings. The van der Waals surface area contributed by atoms with Gasteiger partial charge in [0.15, 0.2) is 0 Å². The van der Waals surface area contributed by atoms with Gasteiger partial charge in [-0.2, -0.15) is 0 Å². The van der Waals surface area contributed by atoms with Crippen LogP contribution >= 0.6 is 11.6 Å². The maximum atomic E-state index is 12.8. The summed E-state index contributed by atoms with van der Waals surface area (Å²) >= 11 is 6.14. The number of nitrogens with zero attached hydrogens (tertiary/aromatic N) is 1. The first-order chi connectivity index (χ1) is 13.3. The predicted octanol–water partition coefficient (Wildman–Crippen LogP) is 3.92. The molecule has 0 fully saturated rings. The molecular formula is C21H19ClN2O4. The van der Waals surface area contributed by atoms with Crippen LogP contribution in [0.1, 0.15) is 28.4 Å². The van der Waals surface area contributed by atoms with Gasteiger partial charge in [0.25, 0.3) is 11.8 Å². The molecule has 2 amide bonds. The number of imide groups is 1. The fourth-order valence-electron chi connectivity index (χ4n) is 2.77. The molecule has 0 radical (unpaired) electrons. The molecule has 1 aliphatic rings. The van der Waals surface area contributed by atoms with Crippen molar-refractivity contribution in [2.45, 2.75) is 20.8 Å². The standard InChI is InChI=1S/C21H19ClN2O4/c1-4-28-21(27)14-6-9-16(10-7-14)24-19(25)17(22)18(20(24)26)23-15-8-5-12(2)13(3)11-15/h5-11,23H,4H2,1-3H3. The zero-order valence-corrected chi connectivity index (χ0v) is 16.5. The van der Waals surface area contributed by atoms with Crippen LogP contribution in [0.3, 0.4) is 0 Å². The van der Waals surface area contributed by atoms with Gasteiger partial charge in [-0.05, 0) is 68.3 Å². The number of rotatable bonds is 5. The van der Waals surface area contributed by atoms with E-state index in [2.05, 4.69) is 5.32 Å². The van der Waals surface area contributed by atoms with Crippen molar-refractivity contribution in [2.75, 3.05) is 16.8 Å². The van der Waals surface area contributed by atoms with Crippen LogP contribution in [-0.4, -0.2) is 24.4 Å². The van der Waals surface area contributed by atoms with Crippen LogP contribution in [-0.2, 0) is 14.3 Å². The number of aryl methyl sites for hydroxylation is 2. The number of amides is 2. The molecule has 144 valence electrons. The summed E-state index contributed by atoms with van der Waals surface area (Å²) in [6, 6.07) is 11.6. The first-order valence-electron chi connectivity index (χ1n) is 8.73. The lowest BCUT2D eigenvalue weighted by atomic mass is 10.1. The van der Waals surface area contributed by atoms with E-state index in [1.807, 2.05) is 32.0 Å². The zero-order valence-electron chi connectivity index (χ0n) is 15.7. The number of anilines is 2. The summed E-state index contributed by atoms with van der Waals surface area (Å²) in [5, 5.41) is 2.76. The van der Waals surface area contributed by atoms with Crippen LogP contribution in [0.4, 0.5) is 11.4 Å². The van der Waals surface area contributed by atoms with Crippen molar-refractivity contribution >= 4 is 40.8 Å². The number of halogens is 1. The van der Waals surface area contributed by atoms with Crippen molar-refractivity contribution in [1.29, 1.82) is 0 Å². The van der Waals surface area contributed by atoms with Crippen LogP contribution < -0.4 is 10.2 Å². The highest BCUT2D eigenvalue weighted by molar-refractivity contribution is 6.53. The van der Waals surface area contributed by atoms with Gasteiger partial charge in [-0.1, -0.05) is 17.7 Å². The summed E-state index contributed by atoms with van der Waals surface area (Å²) in [7, 11) is 0. The van der Waals surface area contributed by atoms with Crippen molar-refractivity contribution in [3.63, 3.8) is 0 Å². The van der Waals surface area contributed by atoms with E-state index in [1.165, 1.54) is 24.3 Å². The van der Waals surface area contributed by atoms with E-state index in [1.54, 1.807) is 6.92 Å². The van der Waals surface area contributed by atoms with Crippen molar-refractivity contribution in [2.24, 2.45) is 0 Å². The minimum Gasteiger partial charge on any atom is -0.462 e. The molecule has 0 atom stereocenters. The first kappa shape index (κ1) is 19.6. The van der Waals surface area contributed by atoms with Gasteiger partial charge in [-0.3, -0.25) is 9.59 Å². The molecule has 0 saturated heterocycles. The second kappa shape index (κ2) is 7.86. The Balaban J connectivity index is 1.84. The molecule has 0 spiro atoms. The Kier molecular flexibility index (Phi) is 5.51. The summed E-state index contributed by atoms with van der Waals surface area (Å²) < 4.78 is 4.93. The average Bonchev–Trinajstić information content (AvgIpc) is 2.88. The normalized spacial score (nSPS) is 13.9. The maximum absolute atomic E-state index is 12.8. The van der Waals surface area contributed by atoms with Gasteiger partial charge < -0.3 is 10.1 Å². The fourth-order valence-corrected chi connectivity index (χ4v) is 2.98. The Bertz CT molecular complexity index is 996. The topological polar surface area (TPSA) is 75.7 Å². The number of ether oxygens (including phenoxy) is 1. The number of hydrogen-bond acceptors (Lipinski definition) is 5. The molecule has 2 aromatic carbocycles. The van der Waals surface area contributed by atoms with Crippen molar-refractivity contribution in [3.8, 4) is 0 Å². The van der Waals surface area contributed by atoms with Gasteiger partial charge >= 0.3 is 5.97 Å². The van der Waals surface area contributed by atoms with Gasteiger partial charge in [0.2, 0.25) is 0 Å². The molecule has 28 heavy (non-hydrogen) atoms. The number of carbonyl (C=O) groups is 3. The number of hydrogen-bond donors (Lipinski definition) is 1. The quantitative estimate of drug-likeness (QED) is 0.610. The largest absolute Gasteiger partial charge is 0.462 e. The minimum atomic E-state index is -0.623. The lowest BCUT2D eigenvalue weighted by Gasteiger charge is -2.15. The maximum Gasteiger partial charge on any atom is 0.338 e. The number of nitrogens with one attached hydrogen (secondary N) is 1. The summed E-state index contributed by atoms with van der Waals surface area (Å²) in [6.07, 6.45) is 0. The van der Waals surface area contributed by atoms with Gasteiger partial charge in [-0.15, -0.1) is 0 Å². The number of esters is 1. The molecule has 1 aliphatic heterocycles. The molecule has 0 unspecified atom stereocenters. The third-order valence-electron chi connectivity index (χ3n) is 4.44. The van der Waals surface area contributed by atoms with E-state index in [9.17, 15) is 14.4 Å². The molecule has 0 aromatic heterocycles. The third kappa shape index (κ3) is 3.64. The molecule has 1 N–H and O–H groups in total. The summed E-state index contributed by atoms with van der Waals surface area (Å²) in [6.45, 7) is 5.91. The minimum absolute atomic E-state index is 0.0180. The molecule has 0 bridgehead atoms. The van der Waals surface area contributed by atoms with Crippen molar-refractivity contribution in [3.05, 3.63) is 69.9 Å². The molecule has 0 aliphatic carbocycles. The van der Waals surface area contributed by atoms with Crippen LogP contribution in [0.15, 0.2) is 53.2 Å². The van der Waals surface area contributed by atoms with Gasteiger partial charge in [0, 0.05) is 5.69 Å². The van der Waals surface area contributed by atoms with Crippen LogP contribution in [0, 0.1) is 13.8 Å². The first-order valence-corrected chi connectivity index (χ1v) is 9.11. The molecule has 7 heteroatoms. The molecule has 6 nitrogen and oxygen atoms in total. The van der Waals surface area contributed by atoms with Crippen LogP contribution in [0.25, 0.3) is 0 Å². The Labute approximate surface area is 167 Å². The SMILES string of the molecule is CCOC(=O)c1ccc(N2C(=O)C(Cl)=C(Nc3ccc(C)c(C)c3)C2=O)cc1. The van der Waals surface area contributed by atoms with E-state index < -0.39 is 17.8 Å². The van der Waals surface area contributed by atoms with E-state index in [0.717, 1.165) is 16.0 Å². The van der Waals surface area contributed by atoms with Crippen molar-refractivity contribution in [1.82, 2.24) is 0 Å². The summed E-state index contributed by atoms with van der Waals surface area (Å²) in [5.74, 6) is -1.65. The second-order valence-corrected chi connectivity index (χ2v) is 6.70. The van der Waals surface area contributed by atoms with Gasteiger partial charge in [0.05, 0.1) is 17.9 Å². The number of benzene rings is 2. The highest BCUT2D eigenvalue weighted by Crippen LogP contribution is 2.30. The van der Waals surface area contributed by atoms with Crippen LogP contribution in [0.5, 0.6) is 0 Å². The monoisotopic (exact) mass is 398 g/mol. The third-order valence-corrected chi connectivity index (χ3v) is 4.79. The fraction of sp³-hybridized carbons (Fsp3) is 0.190. The Morgan fingerprint density at radius 1 is 1.04 bits per heavy atom. The number of carbonyl (C=O) groups excluding carboxylic acids is 3. The zero-order chi connectivity index (χ0) is 20.4. The Morgan fingerprint density at radius 3 is 2.32 bits per heavy atom.